The van der Waals surface area contributed by atoms with Crippen LogP contribution >= 0.6 is 11.8 Å². The van der Waals surface area contributed by atoms with Crippen molar-refractivity contribution in [2.75, 3.05) is 11.9 Å². The van der Waals surface area contributed by atoms with Gasteiger partial charge in [0, 0.05) is 28.9 Å². The molecule has 3 nitrogen and oxygen atoms in total. The van der Waals surface area contributed by atoms with Crippen molar-refractivity contribution in [2.45, 2.75) is 29.2 Å². The van der Waals surface area contributed by atoms with E-state index in [0.717, 1.165) is 17.0 Å². The lowest BCUT2D eigenvalue weighted by atomic mass is 10.0. The van der Waals surface area contributed by atoms with Gasteiger partial charge in [0.05, 0.1) is 6.10 Å². The normalized spacial score (nSPS) is 13.1. The van der Waals surface area contributed by atoms with Crippen LogP contribution in [0.4, 0.5) is 5.69 Å². The molecule has 0 aliphatic heterocycles. The zero-order chi connectivity index (χ0) is 18.9. The lowest BCUT2D eigenvalue weighted by molar-refractivity contribution is 0.156. The lowest BCUT2D eigenvalue weighted by Gasteiger charge is -2.20. The van der Waals surface area contributed by atoms with Crippen molar-refractivity contribution in [3.63, 3.8) is 0 Å². The molecule has 0 saturated carbocycles. The average molecular weight is 379 g/mol. The third-order valence-corrected chi connectivity index (χ3v) is 5.51. The van der Waals surface area contributed by atoms with Crippen LogP contribution < -0.4 is 11.1 Å². The minimum atomic E-state index is -0.600. The molecule has 3 aromatic carbocycles. The number of rotatable bonds is 9. The predicted octanol–water partition coefficient (Wildman–Crippen LogP) is 4.32. The van der Waals surface area contributed by atoms with E-state index in [4.69, 9.17) is 5.73 Å². The van der Waals surface area contributed by atoms with E-state index in [-0.39, 0.29) is 6.04 Å². The maximum Gasteiger partial charge on any atom is 0.0866 e. The number of nitrogens with two attached hydrogens (primary N) is 1. The van der Waals surface area contributed by atoms with E-state index < -0.39 is 6.10 Å². The van der Waals surface area contributed by atoms with Gasteiger partial charge in [-0.25, -0.2) is 0 Å². The molecule has 0 aromatic heterocycles. The van der Waals surface area contributed by atoms with E-state index in [1.807, 2.05) is 60.3 Å². The van der Waals surface area contributed by atoms with Crippen molar-refractivity contribution >= 4 is 17.4 Å². The summed E-state index contributed by atoms with van der Waals surface area (Å²) in [6.07, 6.45) is 0.0657. The molecule has 0 saturated heterocycles. The Hall–Kier alpha value is -2.27. The molecule has 0 fully saturated rings. The van der Waals surface area contributed by atoms with E-state index >= 15 is 0 Å². The number of anilines is 1. The highest BCUT2D eigenvalue weighted by Gasteiger charge is 2.15. The molecule has 0 bridgehead atoms. The van der Waals surface area contributed by atoms with Crippen molar-refractivity contribution < 1.29 is 5.11 Å². The van der Waals surface area contributed by atoms with Crippen molar-refractivity contribution in [1.82, 2.24) is 0 Å². The number of thioether (sulfide) groups is 1. The van der Waals surface area contributed by atoms with Gasteiger partial charge in [-0.05, 0) is 41.8 Å². The van der Waals surface area contributed by atoms with Gasteiger partial charge in [0.25, 0.3) is 0 Å². The van der Waals surface area contributed by atoms with Crippen LogP contribution in [0.2, 0.25) is 0 Å². The fraction of sp³-hybridized carbons (Fsp3) is 0.217. The molecular weight excluding hydrogens is 352 g/mol. The van der Waals surface area contributed by atoms with Crippen LogP contribution in [-0.4, -0.2) is 23.8 Å². The molecule has 2 atom stereocenters. The summed E-state index contributed by atoms with van der Waals surface area (Å²) in [6.45, 7) is 0.435. The van der Waals surface area contributed by atoms with Crippen molar-refractivity contribution in [1.29, 1.82) is 0 Å². The smallest absolute Gasteiger partial charge is 0.0866 e. The monoisotopic (exact) mass is 378 g/mol. The molecule has 0 aliphatic carbocycles. The average Bonchev–Trinajstić information content (AvgIpc) is 2.72. The third-order valence-electron chi connectivity index (χ3n) is 4.43. The SMILES string of the molecule is N[C@@H](Cc1ccccc1)[C@H](O)CNc1ccc(SCc2ccccc2)cc1. The van der Waals surface area contributed by atoms with Gasteiger partial charge < -0.3 is 16.2 Å². The highest BCUT2D eigenvalue weighted by atomic mass is 32.2. The van der Waals surface area contributed by atoms with Gasteiger partial charge >= 0.3 is 0 Å². The summed E-state index contributed by atoms with van der Waals surface area (Å²) in [5.74, 6) is 0.959. The van der Waals surface area contributed by atoms with Crippen molar-refractivity contribution in [2.24, 2.45) is 5.73 Å². The standard InChI is InChI=1S/C23H26N2OS/c24-22(15-18-7-3-1-4-8-18)23(26)16-25-20-11-13-21(14-12-20)27-17-19-9-5-2-6-10-19/h1-14,22-23,25-26H,15-17,24H2/t22-,23+/m0/s1. The first-order valence-corrected chi connectivity index (χ1v) is 10.2. The van der Waals surface area contributed by atoms with E-state index in [2.05, 4.69) is 41.7 Å². The molecule has 0 amide bonds. The molecule has 140 valence electrons. The molecule has 0 heterocycles. The zero-order valence-electron chi connectivity index (χ0n) is 15.3. The Balaban J connectivity index is 1.44. The summed E-state index contributed by atoms with van der Waals surface area (Å²) >= 11 is 1.82. The molecule has 3 aromatic rings. The van der Waals surface area contributed by atoms with Crippen LogP contribution in [0.3, 0.4) is 0 Å². The third kappa shape index (κ3) is 6.43. The number of hydrogen-bond donors (Lipinski definition) is 3. The van der Waals surface area contributed by atoms with Gasteiger partial charge in [-0.15, -0.1) is 11.8 Å². The van der Waals surface area contributed by atoms with Crippen LogP contribution in [0, 0.1) is 0 Å². The van der Waals surface area contributed by atoms with Crippen LogP contribution in [0.5, 0.6) is 0 Å². The quantitative estimate of drug-likeness (QED) is 0.485. The zero-order valence-corrected chi connectivity index (χ0v) is 16.1. The topological polar surface area (TPSA) is 58.3 Å². The van der Waals surface area contributed by atoms with Crippen LogP contribution in [-0.2, 0) is 12.2 Å². The number of aliphatic hydroxyl groups is 1. The van der Waals surface area contributed by atoms with Crippen LogP contribution in [0.1, 0.15) is 11.1 Å². The Morgan fingerprint density at radius 1 is 0.815 bits per heavy atom. The first kappa shape index (κ1) is 19.5. The maximum absolute atomic E-state index is 10.3. The van der Waals surface area contributed by atoms with E-state index in [1.54, 1.807) is 0 Å². The predicted molar refractivity (Wildman–Crippen MR) is 115 cm³/mol. The maximum atomic E-state index is 10.3. The molecule has 4 N–H and O–H groups in total. The summed E-state index contributed by atoms with van der Waals surface area (Å²) in [5.41, 5.74) is 9.59. The second-order valence-corrected chi connectivity index (χ2v) is 7.65. The largest absolute Gasteiger partial charge is 0.390 e. The molecule has 3 rings (SSSR count). The van der Waals surface area contributed by atoms with Gasteiger partial charge in [0.15, 0.2) is 0 Å². The number of aliphatic hydroxyl groups excluding tert-OH is 1. The number of hydrogen-bond acceptors (Lipinski definition) is 4. The Labute approximate surface area is 165 Å². The van der Waals surface area contributed by atoms with E-state index in [1.165, 1.54) is 10.5 Å². The Bertz CT molecular complexity index is 794. The van der Waals surface area contributed by atoms with Gasteiger partial charge in [0.1, 0.15) is 0 Å². The van der Waals surface area contributed by atoms with Crippen molar-refractivity contribution in [3.05, 3.63) is 96.1 Å². The van der Waals surface area contributed by atoms with Gasteiger partial charge in [-0.1, -0.05) is 60.7 Å². The second-order valence-electron chi connectivity index (χ2n) is 6.60. The molecule has 0 aliphatic rings. The van der Waals surface area contributed by atoms with Crippen LogP contribution in [0.25, 0.3) is 0 Å². The summed E-state index contributed by atoms with van der Waals surface area (Å²) < 4.78 is 0. The highest BCUT2D eigenvalue weighted by molar-refractivity contribution is 7.98. The second kappa shape index (κ2) is 10.2. The van der Waals surface area contributed by atoms with Gasteiger partial charge in [-0.3, -0.25) is 0 Å². The molecular formula is C23H26N2OS. The summed E-state index contributed by atoms with van der Waals surface area (Å²) in [5, 5.41) is 13.6. The minimum Gasteiger partial charge on any atom is -0.390 e. The van der Waals surface area contributed by atoms with Gasteiger partial charge in [-0.2, -0.15) is 0 Å². The Kier molecular flexibility index (Phi) is 7.34. The molecule has 0 radical (unpaired) electrons. The molecule has 0 unspecified atom stereocenters. The van der Waals surface area contributed by atoms with E-state index in [9.17, 15) is 5.11 Å². The molecule has 4 heteroatoms. The number of benzene rings is 3. The van der Waals surface area contributed by atoms with E-state index in [0.29, 0.717) is 13.0 Å². The van der Waals surface area contributed by atoms with Gasteiger partial charge in [0.2, 0.25) is 0 Å². The Morgan fingerprint density at radius 3 is 2.04 bits per heavy atom. The molecule has 0 spiro atoms. The summed E-state index contributed by atoms with van der Waals surface area (Å²) in [4.78, 5) is 1.23. The van der Waals surface area contributed by atoms with Crippen molar-refractivity contribution in [3.8, 4) is 0 Å². The van der Waals surface area contributed by atoms with Crippen LogP contribution in [0.15, 0.2) is 89.8 Å². The summed E-state index contributed by atoms with van der Waals surface area (Å²) in [7, 11) is 0. The minimum absolute atomic E-state index is 0.291. The number of nitrogens with one attached hydrogen (secondary N) is 1. The first-order valence-electron chi connectivity index (χ1n) is 9.19. The Morgan fingerprint density at radius 2 is 1.41 bits per heavy atom. The lowest BCUT2D eigenvalue weighted by Crippen LogP contribution is -2.41. The summed E-state index contributed by atoms with van der Waals surface area (Å²) in [6, 6.07) is 28.5. The molecule has 27 heavy (non-hydrogen) atoms. The fourth-order valence-corrected chi connectivity index (χ4v) is 3.66. The first-order chi connectivity index (χ1) is 13.2. The highest BCUT2D eigenvalue weighted by Crippen LogP contribution is 2.24. The fourth-order valence-electron chi connectivity index (χ4n) is 2.81.